The molecule has 2 heterocycles. The number of amides is 1. The molecule has 7 nitrogen and oxygen atoms in total. The van der Waals surface area contributed by atoms with Crippen LogP contribution in [0.1, 0.15) is 19.3 Å². The molecule has 2 rings (SSSR count). The van der Waals surface area contributed by atoms with Crippen LogP contribution in [0.25, 0.3) is 0 Å². The zero-order valence-corrected chi connectivity index (χ0v) is 10.8. The highest BCUT2D eigenvalue weighted by Gasteiger charge is 2.17. The number of aromatic nitrogens is 3. The lowest BCUT2D eigenvalue weighted by atomic mass is 10.1. The molecule has 0 spiro atoms. The summed E-state index contributed by atoms with van der Waals surface area (Å²) in [5.41, 5.74) is 10.9. The Morgan fingerprint density at radius 2 is 1.72 bits per heavy atom. The number of anilines is 2. The van der Waals surface area contributed by atoms with Crippen LogP contribution in [-0.4, -0.2) is 44.6 Å². The second kappa shape index (κ2) is 5.85. The monoisotopic (exact) mass is 268 g/mol. The predicted octanol–water partition coefficient (Wildman–Crippen LogP) is 0.141. The lowest BCUT2D eigenvalue weighted by Crippen LogP contribution is -2.36. The van der Waals surface area contributed by atoms with Crippen LogP contribution in [-0.2, 0) is 4.79 Å². The molecule has 0 atom stereocenters. The number of carbonyl (C=O) groups excluding carboxylic acids is 1. The van der Waals surface area contributed by atoms with Gasteiger partial charge in [0.1, 0.15) is 0 Å². The number of hydrogen-bond donors (Lipinski definition) is 2. The molecule has 1 aromatic rings. The van der Waals surface area contributed by atoms with Gasteiger partial charge < -0.3 is 16.4 Å². The van der Waals surface area contributed by atoms with Crippen LogP contribution in [0.2, 0.25) is 0 Å². The third kappa shape index (κ3) is 3.46. The van der Waals surface area contributed by atoms with Crippen LogP contribution in [0.4, 0.5) is 11.9 Å². The van der Waals surface area contributed by atoms with Crippen LogP contribution >= 0.6 is 11.8 Å². The smallest absolute Gasteiger partial charge is 0.233 e. The summed E-state index contributed by atoms with van der Waals surface area (Å²) in [6, 6.07) is 0. The number of nitrogens with two attached hydrogens (primary N) is 2. The number of nitrogen functional groups attached to an aromatic ring is 2. The molecule has 1 saturated heterocycles. The molecule has 1 aromatic heterocycles. The van der Waals surface area contributed by atoms with Crippen molar-refractivity contribution in [2.45, 2.75) is 24.4 Å². The van der Waals surface area contributed by atoms with E-state index in [1.807, 2.05) is 4.90 Å². The Morgan fingerprint density at radius 3 is 2.33 bits per heavy atom. The normalized spacial score (nSPS) is 15.7. The largest absolute Gasteiger partial charge is 0.368 e. The van der Waals surface area contributed by atoms with Crippen molar-refractivity contribution in [2.24, 2.45) is 0 Å². The number of thioether (sulfide) groups is 1. The summed E-state index contributed by atoms with van der Waals surface area (Å²) in [7, 11) is 0. The number of piperidine rings is 1. The molecule has 1 fully saturated rings. The quantitative estimate of drug-likeness (QED) is 0.750. The van der Waals surface area contributed by atoms with E-state index in [0.29, 0.717) is 10.9 Å². The first-order chi connectivity index (χ1) is 8.65. The zero-order chi connectivity index (χ0) is 13.0. The highest BCUT2D eigenvalue weighted by Crippen LogP contribution is 2.16. The molecule has 8 heteroatoms. The van der Waals surface area contributed by atoms with E-state index in [1.165, 1.54) is 18.2 Å². The average Bonchev–Trinajstić information content (AvgIpc) is 2.36. The van der Waals surface area contributed by atoms with Gasteiger partial charge in [-0.1, -0.05) is 11.8 Å². The maximum Gasteiger partial charge on any atom is 0.233 e. The molecular weight excluding hydrogens is 252 g/mol. The Labute approximate surface area is 109 Å². The lowest BCUT2D eigenvalue weighted by molar-refractivity contribution is -0.129. The van der Waals surface area contributed by atoms with Gasteiger partial charge in [0.05, 0.1) is 5.75 Å². The molecule has 1 aliphatic heterocycles. The SMILES string of the molecule is Nc1nc(N)nc(SCC(=O)N2CCCCC2)n1. The van der Waals surface area contributed by atoms with Gasteiger partial charge >= 0.3 is 0 Å². The van der Waals surface area contributed by atoms with Crippen molar-refractivity contribution in [3.63, 3.8) is 0 Å². The Kier molecular flexibility index (Phi) is 4.19. The van der Waals surface area contributed by atoms with Gasteiger partial charge in [0, 0.05) is 13.1 Å². The first kappa shape index (κ1) is 12.9. The van der Waals surface area contributed by atoms with Crippen LogP contribution in [0, 0.1) is 0 Å². The second-order valence-electron chi connectivity index (χ2n) is 4.06. The second-order valence-corrected chi connectivity index (χ2v) is 5.01. The standard InChI is InChI=1S/C10H16N6OS/c11-8-13-9(12)15-10(14-8)18-6-7(17)16-4-2-1-3-5-16/h1-6H2,(H4,11,12,13,14,15). The fourth-order valence-electron chi connectivity index (χ4n) is 1.81. The minimum atomic E-state index is 0.0791. The summed E-state index contributed by atoms with van der Waals surface area (Å²) in [5.74, 6) is 0.575. The van der Waals surface area contributed by atoms with Crippen LogP contribution in [0.15, 0.2) is 5.16 Å². The highest BCUT2D eigenvalue weighted by atomic mass is 32.2. The summed E-state index contributed by atoms with van der Waals surface area (Å²) in [6.45, 7) is 1.70. The van der Waals surface area contributed by atoms with Gasteiger partial charge in [-0.3, -0.25) is 4.79 Å². The molecular formula is C10H16N6OS. The summed E-state index contributed by atoms with van der Waals surface area (Å²) in [6.07, 6.45) is 3.38. The van der Waals surface area contributed by atoms with Crippen LogP contribution < -0.4 is 11.5 Å². The number of likely N-dealkylation sites (tertiary alicyclic amines) is 1. The Balaban J connectivity index is 1.88. The highest BCUT2D eigenvalue weighted by molar-refractivity contribution is 7.99. The number of hydrogen-bond acceptors (Lipinski definition) is 7. The van der Waals surface area contributed by atoms with Crippen LogP contribution in [0.3, 0.4) is 0 Å². The molecule has 1 amide bonds. The van der Waals surface area contributed by atoms with E-state index >= 15 is 0 Å². The van der Waals surface area contributed by atoms with Crippen LogP contribution in [0.5, 0.6) is 0 Å². The molecule has 0 bridgehead atoms. The minimum Gasteiger partial charge on any atom is -0.368 e. The molecule has 0 saturated carbocycles. The molecule has 1 aliphatic rings. The summed E-state index contributed by atoms with van der Waals surface area (Å²) in [4.78, 5) is 25.3. The van der Waals surface area contributed by atoms with Crippen molar-refractivity contribution in [1.29, 1.82) is 0 Å². The summed E-state index contributed by atoms with van der Waals surface area (Å²) < 4.78 is 0. The molecule has 0 aliphatic carbocycles. The topological polar surface area (TPSA) is 111 Å². The maximum absolute atomic E-state index is 11.9. The van der Waals surface area contributed by atoms with Crippen molar-refractivity contribution in [1.82, 2.24) is 19.9 Å². The molecule has 4 N–H and O–H groups in total. The van der Waals surface area contributed by atoms with E-state index < -0.39 is 0 Å². The van der Waals surface area contributed by atoms with E-state index in [0.717, 1.165) is 25.9 Å². The summed E-state index contributed by atoms with van der Waals surface area (Å²) >= 11 is 1.24. The number of nitrogens with zero attached hydrogens (tertiary/aromatic N) is 4. The maximum atomic E-state index is 11.9. The molecule has 18 heavy (non-hydrogen) atoms. The predicted molar refractivity (Wildman–Crippen MR) is 69.8 cm³/mol. The summed E-state index contributed by atoms with van der Waals surface area (Å²) in [5, 5.41) is 0.394. The van der Waals surface area contributed by atoms with Gasteiger partial charge in [0.2, 0.25) is 17.8 Å². The van der Waals surface area contributed by atoms with Gasteiger partial charge in [0.15, 0.2) is 5.16 Å². The number of rotatable bonds is 3. The lowest BCUT2D eigenvalue weighted by Gasteiger charge is -2.26. The van der Waals surface area contributed by atoms with Crippen molar-refractivity contribution in [3.8, 4) is 0 Å². The molecule has 0 radical (unpaired) electrons. The van der Waals surface area contributed by atoms with Gasteiger partial charge in [-0.2, -0.15) is 15.0 Å². The van der Waals surface area contributed by atoms with Gasteiger partial charge in [-0.05, 0) is 19.3 Å². The Hall–Kier alpha value is -1.57. The zero-order valence-electron chi connectivity index (χ0n) is 10.0. The van der Waals surface area contributed by atoms with E-state index in [9.17, 15) is 4.79 Å². The third-order valence-electron chi connectivity index (χ3n) is 2.68. The van der Waals surface area contributed by atoms with Crippen molar-refractivity contribution in [3.05, 3.63) is 0 Å². The third-order valence-corrected chi connectivity index (χ3v) is 3.52. The van der Waals surface area contributed by atoms with Gasteiger partial charge in [0.25, 0.3) is 0 Å². The first-order valence-corrected chi connectivity index (χ1v) is 6.81. The molecule has 98 valence electrons. The fraction of sp³-hybridized carbons (Fsp3) is 0.600. The first-order valence-electron chi connectivity index (χ1n) is 5.83. The fourth-order valence-corrected chi connectivity index (χ4v) is 2.57. The van der Waals surface area contributed by atoms with E-state index in [1.54, 1.807) is 0 Å². The van der Waals surface area contributed by atoms with Crippen molar-refractivity contribution >= 4 is 29.6 Å². The van der Waals surface area contributed by atoms with E-state index in [4.69, 9.17) is 11.5 Å². The Bertz CT molecular complexity index is 414. The van der Waals surface area contributed by atoms with E-state index in [-0.39, 0.29) is 17.8 Å². The van der Waals surface area contributed by atoms with Gasteiger partial charge in [-0.15, -0.1) is 0 Å². The van der Waals surface area contributed by atoms with Crippen molar-refractivity contribution in [2.75, 3.05) is 30.3 Å². The van der Waals surface area contributed by atoms with E-state index in [2.05, 4.69) is 15.0 Å². The Morgan fingerprint density at radius 1 is 1.11 bits per heavy atom. The number of carbonyl (C=O) groups is 1. The van der Waals surface area contributed by atoms with Crippen molar-refractivity contribution < 1.29 is 4.79 Å². The van der Waals surface area contributed by atoms with Gasteiger partial charge in [-0.25, -0.2) is 0 Å². The average molecular weight is 268 g/mol. The minimum absolute atomic E-state index is 0.0791. The molecule has 0 unspecified atom stereocenters. The molecule has 0 aromatic carbocycles.